The quantitative estimate of drug-likeness (QED) is 0.322. The molecule has 0 aromatic carbocycles. The molecule has 0 aliphatic heterocycles. The molecular formula is H6CaO7P2. The second-order valence-corrected chi connectivity index (χ2v) is 3.68. The first-order chi connectivity index (χ1) is 3.71. The van der Waals surface area contributed by atoms with Gasteiger partial charge in [-0.05, 0) is 0 Å². The Hall–Kier alpha value is 1.52. The Morgan fingerprint density at radius 1 is 0.900 bits per heavy atom. The summed E-state index contributed by atoms with van der Waals surface area (Å²) in [5.74, 6) is 0. The van der Waals surface area contributed by atoms with Crippen molar-refractivity contribution in [1.29, 1.82) is 0 Å². The number of hydrogen-bond donors (Lipinski definition) is 4. The maximum absolute atomic E-state index is 9.63. The zero-order chi connectivity index (χ0) is 7.71. The van der Waals surface area contributed by atoms with E-state index in [4.69, 9.17) is 19.6 Å². The summed E-state index contributed by atoms with van der Waals surface area (Å²) in [6.07, 6.45) is 0. The average Bonchev–Trinajstić information content (AvgIpc) is 1.14. The topological polar surface area (TPSA) is 124 Å². The number of rotatable bonds is 2. The van der Waals surface area contributed by atoms with Crippen molar-refractivity contribution >= 4 is 53.4 Å². The van der Waals surface area contributed by atoms with Gasteiger partial charge in [-0.2, -0.15) is 4.31 Å². The van der Waals surface area contributed by atoms with Crippen molar-refractivity contribution in [2.24, 2.45) is 0 Å². The molecule has 4 N–H and O–H groups in total. The van der Waals surface area contributed by atoms with Crippen LogP contribution in [0.3, 0.4) is 0 Å². The molecule has 0 amide bonds. The van der Waals surface area contributed by atoms with E-state index in [1.807, 2.05) is 0 Å². The first kappa shape index (κ1) is 14.1. The minimum atomic E-state index is -5.05. The standard InChI is InChI=1S/Ca.H4O7P2.2H/c;1-8(2,3)7-9(4,5)6;;/h;(H2,1,2,3)(H2,4,5,6);;. The van der Waals surface area contributed by atoms with E-state index in [1.54, 1.807) is 0 Å². The van der Waals surface area contributed by atoms with Crippen molar-refractivity contribution in [2.75, 3.05) is 0 Å². The van der Waals surface area contributed by atoms with E-state index in [1.165, 1.54) is 0 Å². The molecule has 0 aliphatic rings. The molecule has 10 heteroatoms. The third-order valence-electron chi connectivity index (χ3n) is 0.213. The zero-order valence-corrected chi connectivity index (χ0v) is 5.70. The fourth-order valence-electron chi connectivity index (χ4n) is 0.139. The summed E-state index contributed by atoms with van der Waals surface area (Å²) in [6, 6.07) is 0. The molecule has 0 bridgehead atoms. The van der Waals surface area contributed by atoms with Crippen molar-refractivity contribution in [3.8, 4) is 0 Å². The van der Waals surface area contributed by atoms with Crippen LogP contribution in [0.25, 0.3) is 0 Å². The Morgan fingerprint density at radius 2 is 1.10 bits per heavy atom. The van der Waals surface area contributed by atoms with Crippen LogP contribution in [0.5, 0.6) is 0 Å². The van der Waals surface area contributed by atoms with Gasteiger partial charge in [0, 0.05) is 0 Å². The predicted molar refractivity (Wildman–Crippen MR) is 33.7 cm³/mol. The van der Waals surface area contributed by atoms with Crippen molar-refractivity contribution < 1.29 is 33.0 Å². The van der Waals surface area contributed by atoms with Crippen molar-refractivity contribution in [3.63, 3.8) is 0 Å². The molecule has 0 heterocycles. The van der Waals surface area contributed by atoms with Crippen LogP contribution in [0.4, 0.5) is 0 Å². The van der Waals surface area contributed by atoms with Gasteiger partial charge in [-0.15, -0.1) is 0 Å². The molecule has 0 unspecified atom stereocenters. The van der Waals surface area contributed by atoms with E-state index in [-0.39, 0.29) is 37.7 Å². The predicted octanol–water partition coefficient (Wildman–Crippen LogP) is -1.73. The molecule has 0 rings (SSSR count). The van der Waals surface area contributed by atoms with Gasteiger partial charge in [0.1, 0.15) is 0 Å². The molecular weight excluding hydrogens is 214 g/mol. The van der Waals surface area contributed by atoms with Crippen LogP contribution in [-0.2, 0) is 13.4 Å². The van der Waals surface area contributed by atoms with E-state index < -0.39 is 15.6 Å². The van der Waals surface area contributed by atoms with Crippen molar-refractivity contribution in [2.45, 2.75) is 0 Å². The van der Waals surface area contributed by atoms with Crippen molar-refractivity contribution in [1.82, 2.24) is 0 Å². The number of phosphoric acid groups is 2. The van der Waals surface area contributed by atoms with Crippen LogP contribution >= 0.6 is 15.6 Å². The second-order valence-electron chi connectivity index (χ2n) is 1.06. The third-order valence-corrected chi connectivity index (χ3v) is 1.91. The normalized spacial score (nSPS) is 12.4. The van der Waals surface area contributed by atoms with Gasteiger partial charge in [-0.3, -0.25) is 0 Å². The maximum atomic E-state index is 9.63. The minimum absolute atomic E-state index is 0. The van der Waals surface area contributed by atoms with Gasteiger partial charge in [0.15, 0.2) is 0 Å². The Balaban J connectivity index is 0. The van der Waals surface area contributed by atoms with Crippen LogP contribution in [0.1, 0.15) is 0 Å². The summed E-state index contributed by atoms with van der Waals surface area (Å²) in [4.78, 5) is 31.0. The van der Waals surface area contributed by atoms with Crippen molar-refractivity contribution in [3.05, 3.63) is 0 Å². The first-order valence-electron chi connectivity index (χ1n) is 1.53. The Morgan fingerprint density at radius 3 is 1.10 bits per heavy atom. The monoisotopic (exact) mass is 220 g/mol. The fraction of sp³-hybridized carbons (Fsp3) is 0. The number of hydrogen-bond acceptors (Lipinski definition) is 3. The molecule has 0 atom stereocenters. The summed E-state index contributed by atoms with van der Waals surface area (Å²) < 4.78 is 22.2. The molecule has 0 radical (unpaired) electrons. The molecule has 0 saturated heterocycles. The summed E-state index contributed by atoms with van der Waals surface area (Å²) in [5, 5.41) is 0. The molecule has 0 saturated carbocycles. The molecule has 0 aliphatic carbocycles. The zero-order valence-electron chi connectivity index (χ0n) is 3.91. The van der Waals surface area contributed by atoms with Crippen LogP contribution < -0.4 is 0 Å². The van der Waals surface area contributed by atoms with Gasteiger partial charge in [0.05, 0.1) is 0 Å². The Kier molecular flexibility index (Phi) is 6.36. The van der Waals surface area contributed by atoms with Gasteiger partial charge in [-0.1, -0.05) is 0 Å². The summed E-state index contributed by atoms with van der Waals surface area (Å²) >= 11 is 0. The fourth-order valence-corrected chi connectivity index (χ4v) is 1.25. The van der Waals surface area contributed by atoms with Crippen LogP contribution in [0, 0.1) is 0 Å². The molecule has 0 aromatic heterocycles. The van der Waals surface area contributed by atoms with E-state index in [0.29, 0.717) is 0 Å². The first-order valence-corrected chi connectivity index (χ1v) is 4.59. The van der Waals surface area contributed by atoms with Gasteiger partial charge < -0.3 is 19.6 Å². The SMILES string of the molecule is O=P(O)(O)OP(=O)(O)O.[CaH2]. The third kappa shape index (κ3) is 12.2. The molecule has 0 spiro atoms. The van der Waals surface area contributed by atoms with Crippen LogP contribution in [-0.4, -0.2) is 57.3 Å². The average molecular weight is 220 g/mol. The van der Waals surface area contributed by atoms with Gasteiger partial charge >= 0.3 is 53.4 Å². The van der Waals surface area contributed by atoms with Gasteiger partial charge in [0.25, 0.3) is 0 Å². The molecule has 7 nitrogen and oxygen atoms in total. The van der Waals surface area contributed by atoms with Crippen LogP contribution in [0.2, 0.25) is 0 Å². The van der Waals surface area contributed by atoms with E-state index >= 15 is 0 Å². The molecule has 0 aromatic rings. The van der Waals surface area contributed by atoms with E-state index in [9.17, 15) is 9.13 Å². The summed E-state index contributed by atoms with van der Waals surface area (Å²) in [7, 11) is -10.1. The van der Waals surface area contributed by atoms with Gasteiger partial charge in [-0.25, -0.2) is 9.13 Å². The van der Waals surface area contributed by atoms with Gasteiger partial charge in [0.2, 0.25) is 0 Å². The van der Waals surface area contributed by atoms with E-state index in [2.05, 4.69) is 4.31 Å². The summed E-state index contributed by atoms with van der Waals surface area (Å²) in [5.41, 5.74) is 0. The molecule has 10 heavy (non-hydrogen) atoms. The van der Waals surface area contributed by atoms with E-state index in [0.717, 1.165) is 0 Å². The second kappa shape index (κ2) is 4.52. The Bertz CT molecular complexity index is 152. The Labute approximate surface area is 85.9 Å². The van der Waals surface area contributed by atoms with Crippen LogP contribution in [0.15, 0.2) is 0 Å². The molecule has 60 valence electrons. The summed E-state index contributed by atoms with van der Waals surface area (Å²) in [6.45, 7) is 0. The molecule has 0 fully saturated rings.